The van der Waals surface area contributed by atoms with Crippen LogP contribution < -0.4 is 5.73 Å². The highest BCUT2D eigenvalue weighted by Gasteiger charge is 2.22. The van der Waals surface area contributed by atoms with Gasteiger partial charge >= 0.3 is 0 Å². The van der Waals surface area contributed by atoms with Crippen molar-refractivity contribution >= 4 is 11.3 Å². The third-order valence-electron chi connectivity index (χ3n) is 3.57. The quantitative estimate of drug-likeness (QED) is 0.877. The van der Waals surface area contributed by atoms with Crippen LogP contribution in [0.1, 0.15) is 56.3 Å². The first-order valence-electron chi connectivity index (χ1n) is 6.64. The summed E-state index contributed by atoms with van der Waals surface area (Å²) >= 11 is 1.69. The van der Waals surface area contributed by atoms with Crippen molar-refractivity contribution in [2.45, 2.75) is 58.2 Å². The van der Waals surface area contributed by atoms with Gasteiger partial charge in [-0.05, 0) is 26.3 Å². The van der Waals surface area contributed by atoms with Crippen molar-refractivity contribution in [3.63, 3.8) is 0 Å². The maximum absolute atomic E-state index is 5.85. The SMILES string of the molecule is CCN(Cc1csc(C(C)N)n1)C1CCCC1. The lowest BCUT2D eigenvalue weighted by Crippen LogP contribution is -2.32. The highest BCUT2D eigenvalue weighted by molar-refractivity contribution is 7.09. The molecular formula is C13H23N3S. The number of nitrogens with zero attached hydrogens (tertiary/aromatic N) is 2. The van der Waals surface area contributed by atoms with E-state index in [-0.39, 0.29) is 6.04 Å². The third kappa shape index (κ3) is 3.27. The summed E-state index contributed by atoms with van der Waals surface area (Å²) in [6.07, 6.45) is 5.50. The van der Waals surface area contributed by atoms with Gasteiger partial charge in [0.2, 0.25) is 0 Å². The fourth-order valence-electron chi connectivity index (χ4n) is 2.58. The van der Waals surface area contributed by atoms with E-state index in [2.05, 4.69) is 22.2 Å². The van der Waals surface area contributed by atoms with Gasteiger partial charge in [-0.2, -0.15) is 0 Å². The zero-order valence-corrected chi connectivity index (χ0v) is 11.7. The second kappa shape index (κ2) is 5.94. The molecule has 0 bridgehead atoms. The average Bonchev–Trinajstić information content (AvgIpc) is 2.96. The lowest BCUT2D eigenvalue weighted by atomic mass is 10.2. The second-order valence-corrected chi connectivity index (χ2v) is 5.86. The minimum absolute atomic E-state index is 0.0651. The Morgan fingerprint density at radius 2 is 2.24 bits per heavy atom. The zero-order chi connectivity index (χ0) is 12.3. The molecule has 0 spiro atoms. The van der Waals surface area contributed by atoms with Crippen molar-refractivity contribution in [2.24, 2.45) is 5.73 Å². The van der Waals surface area contributed by atoms with Crippen LogP contribution >= 0.6 is 11.3 Å². The average molecular weight is 253 g/mol. The second-order valence-electron chi connectivity index (χ2n) is 4.97. The van der Waals surface area contributed by atoms with Crippen molar-refractivity contribution in [1.29, 1.82) is 0 Å². The minimum Gasteiger partial charge on any atom is -0.322 e. The van der Waals surface area contributed by atoms with E-state index in [0.29, 0.717) is 0 Å². The van der Waals surface area contributed by atoms with Gasteiger partial charge in [0.1, 0.15) is 5.01 Å². The van der Waals surface area contributed by atoms with Crippen LogP contribution in [0.15, 0.2) is 5.38 Å². The first-order chi connectivity index (χ1) is 8.20. The number of nitrogens with two attached hydrogens (primary N) is 1. The Kier molecular flexibility index (Phi) is 4.54. The van der Waals surface area contributed by atoms with Gasteiger partial charge < -0.3 is 5.73 Å². The molecule has 1 heterocycles. The summed E-state index contributed by atoms with van der Waals surface area (Å²) in [6.45, 7) is 6.36. The summed E-state index contributed by atoms with van der Waals surface area (Å²) in [5.41, 5.74) is 7.04. The molecule has 1 aromatic heterocycles. The van der Waals surface area contributed by atoms with Gasteiger partial charge in [-0.1, -0.05) is 19.8 Å². The number of thiazole rings is 1. The van der Waals surface area contributed by atoms with Crippen LogP contribution in [0.4, 0.5) is 0 Å². The van der Waals surface area contributed by atoms with E-state index >= 15 is 0 Å². The fourth-order valence-corrected chi connectivity index (χ4v) is 3.35. The van der Waals surface area contributed by atoms with Gasteiger partial charge in [-0.15, -0.1) is 11.3 Å². The summed E-state index contributed by atoms with van der Waals surface area (Å²) in [7, 11) is 0. The van der Waals surface area contributed by atoms with Crippen molar-refractivity contribution < 1.29 is 0 Å². The third-order valence-corrected chi connectivity index (χ3v) is 4.67. The van der Waals surface area contributed by atoms with Gasteiger partial charge in [0.05, 0.1) is 11.7 Å². The van der Waals surface area contributed by atoms with Gasteiger partial charge in [0.15, 0.2) is 0 Å². The molecule has 2 rings (SSSR count). The number of aromatic nitrogens is 1. The predicted molar refractivity (Wildman–Crippen MR) is 73.1 cm³/mol. The van der Waals surface area contributed by atoms with Crippen molar-refractivity contribution in [2.75, 3.05) is 6.54 Å². The van der Waals surface area contributed by atoms with E-state index in [9.17, 15) is 0 Å². The molecule has 0 amide bonds. The van der Waals surface area contributed by atoms with Gasteiger partial charge in [-0.25, -0.2) is 4.98 Å². The van der Waals surface area contributed by atoms with Crippen LogP contribution in [0.5, 0.6) is 0 Å². The molecular weight excluding hydrogens is 230 g/mol. The monoisotopic (exact) mass is 253 g/mol. The zero-order valence-electron chi connectivity index (χ0n) is 10.9. The molecule has 1 unspecified atom stereocenters. The molecule has 0 aliphatic heterocycles. The highest BCUT2D eigenvalue weighted by Crippen LogP contribution is 2.25. The molecule has 1 saturated carbocycles. The van der Waals surface area contributed by atoms with Crippen molar-refractivity contribution in [3.8, 4) is 0 Å². The Balaban J connectivity index is 1.97. The van der Waals surface area contributed by atoms with Crippen LogP contribution in [-0.2, 0) is 6.54 Å². The van der Waals surface area contributed by atoms with Gasteiger partial charge in [0.25, 0.3) is 0 Å². The van der Waals surface area contributed by atoms with Crippen LogP contribution in [0, 0.1) is 0 Å². The summed E-state index contributed by atoms with van der Waals surface area (Å²) in [6, 6.07) is 0.843. The topological polar surface area (TPSA) is 42.1 Å². The van der Waals surface area contributed by atoms with E-state index in [1.165, 1.54) is 31.4 Å². The molecule has 1 aliphatic rings. The molecule has 1 atom stereocenters. The molecule has 1 aromatic rings. The molecule has 3 nitrogen and oxygen atoms in total. The van der Waals surface area contributed by atoms with Crippen molar-refractivity contribution in [1.82, 2.24) is 9.88 Å². The maximum atomic E-state index is 5.85. The normalized spacial score (nSPS) is 19.1. The Labute approximate surface area is 108 Å². The summed E-state index contributed by atoms with van der Waals surface area (Å²) in [5.74, 6) is 0. The lowest BCUT2D eigenvalue weighted by molar-refractivity contribution is 0.198. The minimum atomic E-state index is 0.0651. The Bertz CT molecular complexity index is 342. The molecule has 96 valence electrons. The summed E-state index contributed by atoms with van der Waals surface area (Å²) in [5, 5.41) is 3.22. The van der Waals surface area contributed by atoms with Crippen LogP contribution in [0.3, 0.4) is 0 Å². The first-order valence-corrected chi connectivity index (χ1v) is 7.52. The first kappa shape index (κ1) is 13.0. The Morgan fingerprint density at radius 3 is 2.76 bits per heavy atom. The molecule has 1 aliphatic carbocycles. The standard InChI is InChI=1S/C13H23N3S/c1-3-16(12-6-4-5-7-12)8-11-9-17-13(15-11)10(2)14/h9-10,12H,3-8,14H2,1-2H3. The molecule has 0 radical (unpaired) electrons. The predicted octanol–water partition coefficient (Wildman–Crippen LogP) is 2.93. The lowest BCUT2D eigenvalue weighted by Gasteiger charge is -2.26. The number of hydrogen-bond acceptors (Lipinski definition) is 4. The van der Waals surface area contributed by atoms with E-state index in [1.54, 1.807) is 11.3 Å². The van der Waals surface area contributed by atoms with Crippen LogP contribution in [0.2, 0.25) is 0 Å². The van der Waals surface area contributed by atoms with E-state index in [0.717, 1.165) is 24.1 Å². The van der Waals surface area contributed by atoms with E-state index in [1.807, 2.05) is 6.92 Å². The highest BCUT2D eigenvalue weighted by atomic mass is 32.1. The molecule has 17 heavy (non-hydrogen) atoms. The van der Waals surface area contributed by atoms with Gasteiger partial charge in [0, 0.05) is 18.0 Å². The summed E-state index contributed by atoms with van der Waals surface area (Å²) in [4.78, 5) is 7.18. The number of hydrogen-bond donors (Lipinski definition) is 1. The van der Waals surface area contributed by atoms with Gasteiger partial charge in [-0.3, -0.25) is 4.90 Å². The van der Waals surface area contributed by atoms with Crippen LogP contribution in [0.25, 0.3) is 0 Å². The molecule has 2 N–H and O–H groups in total. The Morgan fingerprint density at radius 1 is 1.53 bits per heavy atom. The largest absolute Gasteiger partial charge is 0.322 e. The maximum Gasteiger partial charge on any atom is 0.109 e. The number of rotatable bonds is 5. The van der Waals surface area contributed by atoms with E-state index in [4.69, 9.17) is 5.73 Å². The molecule has 4 heteroatoms. The fraction of sp³-hybridized carbons (Fsp3) is 0.769. The molecule has 0 aromatic carbocycles. The summed E-state index contributed by atoms with van der Waals surface area (Å²) < 4.78 is 0. The Hall–Kier alpha value is -0.450. The van der Waals surface area contributed by atoms with Crippen LogP contribution in [-0.4, -0.2) is 22.5 Å². The molecule has 1 fully saturated rings. The van der Waals surface area contributed by atoms with E-state index < -0.39 is 0 Å². The molecule has 0 saturated heterocycles. The smallest absolute Gasteiger partial charge is 0.109 e. The van der Waals surface area contributed by atoms with Crippen molar-refractivity contribution in [3.05, 3.63) is 16.1 Å².